The molecule has 0 aliphatic heterocycles. The molecule has 0 saturated heterocycles. The molecule has 0 atom stereocenters. The molecule has 217 valence electrons. The number of benzene rings is 2. The summed E-state index contributed by atoms with van der Waals surface area (Å²) >= 11 is 0. The fourth-order valence-electron chi connectivity index (χ4n) is 5.99. The van der Waals surface area contributed by atoms with Gasteiger partial charge in [-0.25, -0.2) is 48.7 Å². The molecule has 1 radical (unpaired) electrons. The van der Waals surface area contributed by atoms with E-state index in [1.54, 1.807) is 62.3 Å². The maximum Gasteiger partial charge on any atom is 0.404 e. The van der Waals surface area contributed by atoms with Gasteiger partial charge in [0, 0.05) is 0 Å². The lowest BCUT2D eigenvalue weighted by Crippen LogP contribution is -2.56. The average Bonchev–Trinajstić information content (AvgIpc) is 2.76. The Morgan fingerprint density at radius 2 is 0.692 bits per heavy atom. The summed E-state index contributed by atoms with van der Waals surface area (Å²) in [4.78, 5) is 14.1. The molecule has 2 rings (SSSR count). The maximum atomic E-state index is 14.9. The molecule has 0 unspecified atom stereocenters. The first kappa shape index (κ1) is 32.9. The largest absolute Gasteiger partial charge is 0.675 e. The van der Waals surface area contributed by atoms with Crippen molar-refractivity contribution in [3.05, 3.63) is 58.2 Å². The lowest BCUT2D eigenvalue weighted by Gasteiger charge is -2.52. The van der Waals surface area contributed by atoms with Crippen LogP contribution >= 0.6 is 7.26 Å². The summed E-state index contributed by atoms with van der Waals surface area (Å²) < 4.78 is 149. The van der Waals surface area contributed by atoms with E-state index in [0.29, 0.717) is 0 Å². The zero-order chi connectivity index (χ0) is 30.8. The number of carbonyl (C=O) groups excluding carboxylic acids is 1. The van der Waals surface area contributed by atoms with E-state index in [0.717, 1.165) is 0 Å². The Morgan fingerprint density at radius 3 is 0.897 bits per heavy atom. The van der Waals surface area contributed by atoms with Gasteiger partial charge in [0.2, 0.25) is 0 Å². The summed E-state index contributed by atoms with van der Waals surface area (Å²) in [6.45, 7) is 11.3. The van der Waals surface area contributed by atoms with Gasteiger partial charge in [-0.15, -0.1) is 10.9 Å². The molecule has 0 aromatic heterocycles. The van der Waals surface area contributed by atoms with Crippen molar-refractivity contribution in [2.45, 2.75) is 77.8 Å². The summed E-state index contributed by atoms with van der Waals surface area (Å²) in [6.07, 6.45) is 0. The quantitative estimate of drug-likeness (QED) is 0.120. The molecule has 0 heterocycles. The zero-order valence-corrected chi connectivity index (χ0v) is 23.5. The van der Waals surface area contributed by atoms with Crippen LogP contribution in [0.1, 0.15) is 62.3 Å². The second-order valence-electron chi connectivity index (χ2n) is 11.9. The van der Waals surface area contributed by atoms with Gasteiger partial charge in [0.05, 0.1) is 15.5 Å². The molecule has 0 N–H and O–H groups in total. The van der Waals surface area contributed by atoms with Crippen molar-refractivity contribution < 1.29 is 53.4 Å². The van der Waals surface area contributed by atoms with Crippen LogP contribution in [-0.2, 0) is 4.65 Å². The number of hydrogen-bond donors (Lipinski definition) is 0. The van der Waals surface area contributed by atoms with Gasteiger partial charge in [-0.3, -0.25) is 0 Å². The molecular formula is C25H27BF10O2P. The van der Waals surface area contributed by atoms with Crippen LogP contribution in [0, 0.1) is 58.2 Å². The first-order chi connectivity index (χ1) is 17.4. The average molecular weight is 591 g/mol. The van der Waals surface area contributed by atoms with Gasteiger partial charge in [0.25, 0.3) is 0 Å². The van der Waals surface area contributed by atoms with Crippen LogP contribution < -0.4 is 10.9 Å². The first-order valence-corrected chi connectivity index (χ1v) is 13.3. The summed E-state index contributed by atoms with van der Waals surface area (Å²) in [6, 6.07) is 0. The summed E-state index contributed by atoms with van der Waals surface area (Å²) in [5, 5.41) is -3.05. The van der Waals surface area contributed by atoms with Crippen molar-refractivity contribution in [1.82, 2.24) is 0 Å². The Kier molecular flexibility index (Phi) is 8.67. The third-order valence-corrected chi connectivity index (χ3v) is 13.2. The number of halogens is 10. The van der Waals surface area contributed by atoms with E-state index < -0.39 is 104 Å². The molecule has 0 spiro atoms. The van der Waals surface area contributed by atoms with Gasteiger partial charge >= 0.3 is 5.71 Å². The minimum Gasteiger partial charge on any atom is -0.675 e. The Balaban J connectivity index is 3.13. The van der Waals surface area contributed by atoms with E-state index in [1.807, 2.05) is 0 Å². The van der Waals surface area contributed by atoms with Crippen LogP contribution in [0.4, 0.5) is 48.7 Å². The molecule has 2 aromatic rings. The highest BCUT2D eigenvalue weighted by atomic mass is 31.2. The van der Waals surface area contributed by atoms with E-state index in [2.05, 4.69) is 0 Å². The SMILES string of the molecule is CC(C)(C)[P+](C(=O)O[B-](c1c(F)c(F)c(F)c(F)c1F)c1c(F)c(F)c(F)c(F)c1F)(C(C)(C)C)C(C)(C)C. The molecule has 0 saturated carbocycles. The highest BCUT2D eigenvalue weighted by Crippen LogP contribution is 2.84. The lowest BCUT2D eigenvalue weighted by atomic mass is 9.54. The molecule has 0 bridgehead atoms. The van der Waals surface area contributed by atoms with E-state index in [9.17, 15) is 48.7 Å². The van der Waals surface area contributed by atoms with Gasteiger partial charge in [-0.1, -0.05) is 0 Å². The molecule has 39 heavy (non-hydrogen) atoms. The monoisotopic (exact) mass is 591 g/mol. The van der Waals surface area contributed by atoms with E-state index in [4.69, 9.17) is 4.65 Å². The highest BCUT2D eigenvalue weighted by molar-refractivity contribution is 7.94. The van der Waals surface area contributed by atoms with E-state index >= 15 is 0 Å². The summed E-state index contributed by atoms with van der Waals surface area (Å²) in [5.74, 6) is -26.4. The van der Waals surface area contributed by atoms with E-state index in [1.165, 1.54) is 0 Å². The van der Waals surface area contributed by atoms with Crippen molar-refractivity contribution >= 4 is 30.8 Å². The van der Waals surface area contributed by atoms with Gasteiger partial charge in [-0.2, -0.15) is 0 Å². The normalized spacial score (nSPS) is 13.3. The van der Waals surface area contributed by atoms with Crippen molar-refractivity contribution in [2.24, 2.45) is 0 Å². The number of rotatable bonds is 4. The second kappa shape index (κ2) is 10.3. The van der Waals surface area contributed by atoms with Gasteiger partial charge < -0.3 is 4.65 Å². The van der Waals surface area contributed by atoms with Crippen molar-refractivity contribution in [2.75, 3.05) is 0 Å². The Morgan fingerprint density at radius 1 is 0.487 bits per heavy atom. The third-order valence-electron chi connectivity index (χ3n) is 6.52. The van der Waals surface area contributed by atoms with Gasteiger partial charge in [0.1, 0.15) is 37.4 Å². The minimum absolute atomic E-state index is 1.02. The Bertz CT molecular complexity index is 1160. The zero-order valence-electron chi connectivity index (χ0n) is 22.6. The third kappa shape index (κ3) is 4.93. The first-order valence-electron chi connectivity index (χ1n) is 11.5. The van der Waals surface area contributed by atoms with Crippen LogP contribution in [0.15, 0.2) is 0 Å². The lowest BCUT2D eigenvalue weighted by molar-refractivity contribution is 0.224. The molecule has 0 amide bonds. The van der Waals surface area contributed by atoms with Crippen molar-refractivity contribution in [3.8, 4) is 0 Å². The molecule has 0 aliphatic rings. The molecule has 2 nitrogen and oxygen atoms in total. The predicted molar refractivity (Wildman–Crippen MR) is 130 cm³/mol. The second-order valence-corrected chi connectivity index (χ2v) is 17.6. The minimum atomic E-state index is -3.43. The van der Waals surface area contributed by atoms with Crippen LogP contribution in [0.2, 0.25) is 0 Å². The molecule has 14 heteroatoms. The highest BCUT2D eigenvalue weighted by Gasteiger charge is 2.71. The molecule has 2 aromatic carbocycles. The molecular weight excluding hydrogens is 564 g/mol. The fraction of sp³-hybridized carbons (Fsp3) is 0.480. The van der Waals surface area contributed by atoms with Crippen molar-refractivity contribution in [1.29, 1.82) is 0 Å². The van der Waals surface area contributed by atoms with Crippen LogP contribution in [0.5, 0.6) is 0 Å². The van der Waals surface area contributed by atoms with Crippen LogP contribution in [-0.4, -0.2) is 28.1 Å². The van der Waals surface area contributed by atoms with Crippen molar-refractivity contribution in [3.63, 3.8) is 0 Å². The standard InChI is InChI=1S/C25H27BF10O2P/c1-23(2,3)39(24(4,5)6,25(7,8)9)22(37)38-26(10-12(27)16(31)20(35)17(32)13(10)28)11-14(29)18(33)21(36)19(34)15(11)30/h1-9H3. The topological polar surface area (TPSA) is 26.3 Å². The summed E-state index contributed by atoms with van der Waals surface area (Å²) in [5.41, 5.74) is -5.54. The smallest absolute Gasteiger partial charge is 0.404 e. The number of hydrogen-bond acceptors (Lipinski definition) is 2. The van der Waals surface area contributed by atoms with Gasteiger partial charge in [-0.05, 0) is 62.3 Å². The number of carbonyl (C=O) groups is 1. The van der Waals surface area contributed by atoms with Crippen LogP contribution in [0.25, 0.3) is 0 Å². The Hall–Kier alpha value is -2.30. The summed E-state index contributed by atoms with van der Waals surface area (Å²) in [7, 11) is -3.43. The molecule has 0 aliphatic carbocycles. The fourth-order valence-corrected chi connectivity index (χ4v) is 13.9. The Labute approximate surface area is 220 Å². The maximum absolute atomic E-state index is 14.9. The van der Waals surface area contributed by atoms with Crippen LogP contribution in [0.3, 0.4) is 0 Å². The van der Waals surface area contributed by atoms with Gasteiger partial charge in [0.15, 0.2) is 34.9 Å². The predicted octanol–water partition coefficient (Wildman–Crippen LogP) is 7.73. The van der Waals surface area contributed by atoms with E-state index in [-0.39, 0.29) is 0 Å². The molecule has 0 fully saturated rings.